The molecule has 1 aromatic carbocycles. The lowest BCUT2D eigenvalue weighted by Gasteiger charge is -2.29. The quantitative estimate of drug-likeness (QED) is 0.269. The maximum atomic E-state index is 12.8. The van der Waals surface area contributed by atoms with Gasteiger partial charge in [-0.25, -0.2) is 9.98 Å². The molecule has 0 spiro atoms. The van der Waals surface area contributed by atoms with Gasteiger partial charge < -0.3 is 29.7 Å². The summed E-state index contributed by atoms with van der Waals surface area (Å²) in [5.74, 6) is 2.08. The van der Waals surface area contributed by atoms with Crippen LogP contribution in [-0.2, 0) is 17.8 Å². The minimum Gasteiger partial charge on any atom is -0.497 e. The second-order valence-electron chi connectivity index (χ2n) is 6.99. The smallest absolute Gasteiger partial charge is 0.387 e. The van der Waals surface area contributed by atoms with E-state index in [1.54, 1.807) is 18.3 Å². The summed E-state index contributed by atoms with van der Waals surface area (Å²) < 4.78 is 40.8. The van der Waals surface area contributed by atoms with Crippen LogP contribution >= 0.6 is 24.0 Å². The van der Waals surface area contributed by atoms with Crippen LogP contribution in [0, 0.1) is 0 Å². The summed E-state index contributed by atoms with van der Waals surface area (Å²) in [6, 6.07) is 8.59. The molecule has 0 amide bonds. The molecule has 1 saturated heterocycles. The molecule has 0 bridgehead atoms. The number of halogens is 3. The molecule has 1 fully saturated rings. The predicted octanol–water partition coefficient (Wildman–Crippen LogP) is 3.40. The van der Waals surface area contributed by atoms with Crippen LogP contribution in [0.1, 0.15) is 18.1 Å². The predicted molar refractivity (Wildman–Crippen MR) is 134 cm³/mol. The average Bonchev–Trinajstić information content (AvgIpc) is 2.82. The third-order valence-electron chi connectivity index (χ3n) is 4.86. The molecule has 0 aliphatic carbocycles. The van der Waals surface area contributed by atoms with Crippen molar-refractivity contribution in [1.29, 1.82) is 0 Å². The van der Waals surface area contributed by atoms with Gasteiger partial charge in [0.05, 0.1) is 26.9 Å². The number of hydrogen-bond donors (Lipinski definition) is 2. The first-order chi connectivity index (χ1) is 15.6. The highest BCUT2D eigenvalue weighted by Gasteiger charge is 2.16. The lowest BCUT2D eigenvalue weighted by Crippen LogP contribution is -2.39. The number of nitrogens with one attached hydrogen (secondary N) is 2. The molecular formula is C22H30F2IN5O3. The van der Waals surface area contributed by atoms with E-state index < -0.39 is 6.61 Å². The van der Waals surface area contributed by atoms with Gasteiger partial charge in [0.25, 0.3) is 0 Å². The number of alkyl halides is 2. The number of anilines is 1. The van der Waals surface area contributed by atoms with Crippen LogP contribution < -0.4 is 25.0 Å². The molecule has 2 aromatic rings. The van der Waals surface area contributed by atoms with Crippen LogP contribution in [0.15, 0.2) is 41.5 Å². The maximum absolute atomic E-state index is 12.8. The SMILES string of the molecule is CCNC(=NCc1cc(OC)ccc1OC(F)F)NCc1cccnc1N1CCOCC1.I. The van der Waals surface area contributed by atoms with E-state index in [-0.39, 0.29) is 36.3 Å². The van der Waals surface area contributed by atoms with Gasteiger partial charge in [0.1, 0.15) is 17.3 Å². The lowest BCUT2D eigenvalue weighted by molar-refractivity contribution is -0.0504. The Balaban J connectivity index is 0.00000385. The third kappa shape index (κ3) is 8.14. The van der Waals surface area contributed by atoms with E-state index in [4.69, 9.17) is 9.47 Å². The number of ether oxygens (including phenoxy) is 3. The van der Waals surface area contributed by atoms with Crippen LogP contribution in [-0.4, -0.2) is 57.5 Å². The zero-order chi connectivity index (χ0) is 22.8. The van der Waals surface area contributed by atoms with Gasteiger partial charge in [-0.1, -0.05) is 6.07 Å². The van der Waals surface area contributed by atoms with E-state index in [1.807, 2.05) is 19.1 Å². The number of hydrogen-bond acceptors (Lipinski definition) is 6. The fraction of sp³-hybridized carbons (Fsp3) is 0.455. The standard InChI is InChI=1S/C22H29F2N5O3.HI/c1-3-25-22(28-15-17-13-18(30-2)6-7-19(17)32-21(23)24)27-14-16-5-4-8-26-20(16)29-9-11-31-12-10-29;/h4-8,13,21H,3,9-12,14-15H2,1-2H3,(H2,25,27,28);1H. The zero-order valence-corrected chi connectivity index (χ0v) is 21.1. The van der Waals surface area contributed by atoms with Crippen molar-refractivity contribution < 1.29 is 23.0 Å². The van der Waals surface area contributed by atoms with Gasteiger partial charge >= 0.3 is 6.61 Å². The van der Waals surface area contributed by atoms with Gasteiger partial charge in [0, 0.05) is 43.5 Å². The number of aromatic nitrogens is 1. The first-order valence-electron chi connectivity index (χ1n) is 10.5. The van der Waals surface area contributed by atoms with Crippen LogP contribution in [0.3, 0.4) is 0 Å². The van der Waals surface area contributed by atoms with Gasteiger partial charge in [0.15, 0.2) is 5.96 Å². The molecule has 0 radical (unpaired) electrons. The zero-order valence-electron chi connectivity index (χ0n) is 18.7. The van der Waals surface area contributed by atoms with Crippen LogP contribution in [0.5, 0.6) is 11.5 Å². The molecule has 1 aromatic heterocycles. The highest BCUT2D eigenvalue weighted by molar-refractivity contribution is 14.0. The summed E-state index contributed by atoms with van der Waals surface area (Å²) in [4.78, 5) is 11.3. The van der Waals surface area contributed by atoms with Crippen molar-refractivity contribution >= 4 is 35.8 Å². The highest BCUT2D eigenvalue weighted by Crippen LogP contribution is 2.26. The van der Waals surface area contributed by atoms with Crippen molar-refractivity contribution in [2.45, 2.75) is 26.6 Å². The summed E-state index contributed by atoms with van der Waals surface area (Å²) in [6.07, 6.45) is 1.78. The van der Waals surface area contributed by atoms with E-state index in [2.05, 4.69) is 30.2 Å². The molecule has 11 heteroatoms. The average molecular weight is 577 g/mol. The highest BCUT2D eigenvalue weighted by atomic mass is 127. The Morgan fingerprint density at radius 1 is 1.21 bits per heavy atom. The number of pyridine rings is 1. The monoisotopic (exact) mass is 577 g/mol. The van der Waals surface area contributed by atoms with E-state index in [9.17, 15) is 8.78 Å². The Kier molecular flexibility index (Phi) is 11.4. The van der Waals surface area contributed by atoms with Gasteiger partial charge in [0.2, 0.25) is 0 Å². The van der Waals surface area contributed by atoms with Crippen molar-refractivity contribution in [2.75, 3.05) is 44.9 Å². The molecule has 0 unspecified atom stereocenters. The maximum Gasteiger partial charge on any atom is 0.387 e. The van der Waals surface area contributed by atoms with E-state index in [0.717, 1.165) is 24.5 Å². The number of aliphatic imine (C=N–C) groups is 1. The Hall–Kier alpha value is -2.41. The fourth-order valence-corrected chi connectivity index (χ4v) is 3.33. The second kappa shape index (κ2) is 14.0. The third-order valence-corrected chi connectivity index (χ3v) is 4.86. The number of nitrogens with zero attached hydrogens (tertiary/aromatic N) is 3. The first-order valence-corrected chi connectivity index (χ1v) is 10.5. The largest absolute Gasteiger partial charge is 0.497 e. The van der Waals surface area contributed by atoms with E-state index in [1.165, 1.54) is 13.2 Å². The molecule has 2 heterocycles. The van der Waals surface area contributed by atoms with Crippen LogP contribution in [0.25, 0.3) is 0 Å². The van der Waals surface area contributed by atoms with E-state index in [0.29, 0.717) is 43.6 Å². The van der Waals surface area contributed by atoms with Gasteiger partial charge in [-0.15, -0.1) is 24.0 Å². The molecule has 1 aliphatic heterocycles. The molecule has 33 heavy (non-hydrogen) atoms. The summed E-state index contributed by atoms with van der Waals surface area (Å²) in [6.45, 7) is 3.27. The Morgan fingerprint density at radius 3 is 2.70 bits per heavy atom. The van der Waals surface area contributed by atoms with Crippen molar-refractivity contribution in [2.24, 2.45) is 4.99 Å². The Labute approximate surface area is 209 Å². The summed E-state index contributed by atoms with van der Waals surface area (Å²) in [5.41, 5.74) is 1.53. The second-order valence-corrected chi connectivity index (χ2v) is 6.99. The van der Waals surface area contributed by atoms with Crippen molar-refractivity contribution in [3.63, 3.8) is 0 Å². The first kappa shape index (κ1) is 26.8. The Morgan fingerprint density at radius 2 is 2.00 bits per heavy atom. The normalized spacial score (nSPS) is 14.0. The lowest BCUT2D eigenvalue weighted by atomic mass is 10.2. The van der Waals surface area contributed by atoms with Gasteiger partial charge in [-0.3, -0.25) is 0 Å². The van der Waals surface area contributed by atoms with Crippen molar-refractivity contribution in [3.8, 4) is 11.5 Å². The molecule has 182 valence electrons. The number of methoxy groups -OCH3 is 1. The summed E-state index contributed by atoms with van der Waals surface area (Å²) >= 11 is 0. The molecule has 8 nitrogen and oxygen atoms in total. The minimum absolute atomic E-state index is 0. The number of rotatable bonds is 9. The number of guanidine groups is 1. The number of benzene rings is 1. The molecule has 3 rings (SSSR count). The van der Waals surface area contributed by atoms with Crippen molar-refractivity contribution in [3.05, 3.63) is 47.7 Å². The summed E-state index contributed by atoms with van der Waals surface area (Å²) in [7, 11) is 1.52. The molecular weight excluding hydrogens is 547 g/mol. The summed E-state index contributed by atoms with van der Waals surface area (Å²) in [5, 5.41) is 6.47. The fourth-order valence-electron chi connectivity index (χ4n) is 3.33. The van der Waals surface area contributed by atoms with Crippen LogP contribution in [0.4, 0.5) is 14.6 Å². The molecule has 0 saturated carbocycles. The topological polar surface area (TPSA) is 80.2 Å². The molecule has 1 aliphatic rings. The van der Waals surface area contributed by atoms with Gasteiger partial charge in [-0.2, -0.15) is 8.78 Å². The van der Waals surface area contributed by atoms with E-state index >= 15 is 0 Å². The Bertz CT molecular complexity index is 898. The van der Waals surface area contributed by atoms with Crippen molar-refractivity contribution in [1.82, 2.24) is 15.6 Å². The van der Waals surface area contributed by atoms with Crippen LogP contribution in [0.2, 0.25) is 0 Å². The molecule has 2 N–H and O–H groups in total. The molecule has 0 atom stereocenters. The van der Waals surface area contributed by atoms with Gasteiger partial charge in [-0.05, 0) is 31.2 Å². The minimum atomic E-state index is -2.92. The number of morpholine rings is 1.